The van der Waals surface area contributed by atoms with Crippen molar-refractivity contribution in [2.75, 3.05) is 13.6 Å². The van der Waals surface area contributed by atoms with Crippen LogP contribution in [-0.2, 0) is 0 Å². The monoisotopic (exact) mass is 238 g/mol. The zero-order chi connectivity index (χ0) is 12.3. The maximum absolute atomic E-state index is 3.77. The second kappa shape index (κ2) is 6.19. The van der Waals surface area contributed by atoms with Gasteiger partial charge in [0.25, 0.3) is 0 Å². The van der Waals surface area contributed by atoms with Gasteiger partial charge in [-0.25, -0.2) is 0 Å². The first kappa shape index (κ1) is 13.4. The third kappa shape index (κ3) is 3.45. The first-order chi connectivity index (χ1) is 8.24. The lowest BCUT2D eigenvalue weighted by atomic mass is 9.88. The molecule has 2 heteroatoms. The van der Waals surface area contributed by atoms with Gasteiger partial charge in [0.1, 0.15) is 0 Å². The largest absolute Gasteiger partial charge is 0.312 e. The highest BCUT2D eigenvalue weighted by Gasteiger charge is 2.36. The number of nitrogens with zero attached hydrogens (tertiary/aromatic N) is 1. The summed E-state index contributed by atoms with van der Waals surface area (Å²) in [4.78, 5) is 2.68. The molecule has 17 heavy (non-hydrogen) atoms. The van der Waals surface area contributed by atoms with Crippen molar-refractivity contribution in [3.05, 3.63) is 0 Å². The molecule has 0 radical (unpaired) electrons. The Morgan fingerprint density at radius 1 is 1.18 bits per heavy atom. The third-order valence-electron chi connectivity index (χ3n) is 4.86. The van der Waals surface area contributed by atoms with Crippen molar-refractivity contribution < 1.29 is 0 Å². The molecule has 0 spiro atoms. The summed E-state index contributed by atoms with van der Waals surface area (Å²) in [6, 6.07) is 2.32. The summed E-state index contributed by atoms with van der Waals surface area (Å²) in [6.45, 7) is 5.89. The summed E-state index contributed by atoms with van der Waals surface area (Å²) in [5.74, 6) is 0.994. The molecule has 0 aromatic heterocycles. The van der Waals surface area contributed by atoms with Crippen LogP contribution in [-0.4, -0.2) is 36.6 Å². The molecule has 0 bridgehead atoms. The van der Waals surface area contributed by atoms with Crippen LogP contribution in [0, 0.1) is 5.92 Å². The predicted octanol–water partition coefficient (Wildman–Crippen LogP) is 3.03. The van der Waals surface area contributed by atoms with E-state index in [2.05, 4.69) is 31.1 Å². The van der Waals surface area contributed by atoms with Gasteiger partial charge in [0.05, 0.1) is 0 Å². The Morgan fingerprint density at radius 2 is 1.88 bits per heavy atom. The van der Waals surface area contributed by atoms with Gasteiger partial charge in [-0.2, -0.15) is 0 Å². The third-order valence-corrected chi connectivity index (χ3v) is 4.86. The molecule has 2 rings (SSSR count). The fourth-order valence-corrected chi connectivity index (χ4v) is 3.38. The van der Waals surface area contributed by atoms with Crippen molar-refractivity contribution in [1.29, 1.82) is 0 Å². The minimum absolute atomic E-state index is 0.745. The van der Waals surface area contributed by atoms with E-state index in [4.69, 9.17) is 0 Å². The first-order valence-corrected chi connectivity index (χ1v) is 7.69. The summed E-state index contributed by atoms with van der Waals surface area (Å²) in [5.41, 5.74) is 0. The Morgan fingerprint density at radius 3 is 2.53 bits per heavy atom. The first-order valence-electron chi connectivity index (χ1n) is 7.69. The van der Waals surface area contributed by atoms with Crippen LogP contribution in [0.2, 0.25) is 0 Å². The Balaban J connectivity index is 1.89. The van der Waals surface area contributed by atoms with E-state index in [1.54, 1.807) is 0 Å². The quantitative estimate of drug-likeness (QED) is 0.765. The van der Waals surface area contributed by atoms with Crippen molar-refractivity contribution in [2.45, 2.75) is 76.9 Å². The van der Waals surface area contributed by atoms with Gasteiger partial charge in [-0.05, 0) is 58.5 Å². The lowest BCUT2D eigenvalue weighted by Gasteiger charge is -2.41. The number of rotatable bonds is 6. The fourth-order valence-electron chi connectivity index (χ4n) is 3.38. The van der Waals surface area contributed by atoms with Crippen molar-refractivity contribution in [3.8, 4) is 0 Å². The van der Waals surface area contributed by atoms with Gasteiger partial charge in [0.2, 0.25) is 0 Å². The SMILES string of the molecule is CCCNC1CCCCC1N(C)C(C)C1CC1. The minimum atomic E-state index is 0.745. The summed E-state index contributed by atoms with van der Waals surface area (Å²) < 4.78 is 0. The van der Waals surface area contributed by atoms with E-state index >= 15 is 0 Å². The van der Waals surface area contributed by atoms with E-state index in [9.17, 15) is 0 Å². The number of likely N-dealkylation sites (N-methyl/N-ethyl adjacent to an activating group) is 1. The van der Waals surface area contributed by atoms with E-state index in [0.717, 1.165) is 24.0 Å². The highest BCUT2D eigenvalue weighted by Crippen LogP contribution is 2.36. The summed E-state index contributed by atoms with van der Waals surface area (Å²) >= 11 is 0. The molecule has 2 aliphatic rings. The van der Waals surface area contributed by atoms with Crippen LogP contribution >= 0.6 is 0 Å². The number of nitrogens with one attached hydrogen (secondary N) is 1. The molecule has 2 nitrogen and oxygen atoms in total. The molecule has 2 fully saturated rings. The molecule has 1 N–H and O–H groups in total. The van der Waals surface area contributed by atoms with E-state index in [1.807, 2.05) is 0 Å². The average molecular weight is 238 g/mol. The lowest BCUT2D eigenvalue weighted by molar-refractivity contribution is 0.103. The number of hydrogen-bond acceptors (Lipinski definition) is 2. The molecule has 0 saturated heterocycles. The lowest BCUT2D eigenvalue weighted by Crippen LogP contribution is -2.53. The molecule has 3 unspecified atom stereocenters. The van der Waals surface area contributed by atoms with Crippen LogP contribution < -0.4 is 5.32 Å². The van der Waals surface area contributed by atoms with Gasteiger partial charge >= 0.3 is 0 Å². The Hall–Kier alpha value is -0.0800. The summed E-state index contributed by atoms with van der Waals surface area (Å²) in [5, 5.41) is 3.77. The molecule has 100 valence electrons. The van der Waals surface area contributed by atoms with E-state index < -0.39 is 0 Å². The maximum atomic E-state index is 3.77. The highest BCUT2D eigenvalue weighted by molar-refractivity contribution is 4.92. The van der Waals surface area contributed by atoms with Crippen LogP contribution in [0.3, 0.4) is 0 Å². The zero-order valence-corrected chi connectivity index (χ0v) is 11.9. The van der Waals surface area contributed by atoms with E-state index in [-0.39, 0.29) is 0 Å². The van der Waals surface area contributed by atoms with Crippen molar-refractivity contribution >= 4 is 0 Å². The second-order valence-electron chi connectivity index (χ2n) is 6.16. The fraction of sp³-hybridized carbons (Fsp3) is 1.00. The van der Waals surface area contributed by atoms with Crippen LogP contribution in [0.25, 0.3) is 0 Å². The van der Waals surface area contributed by atoms with Gasteiger partial charge in [0.15, 0.2) is 0 Å². The highest BCUT2D eigenvalue weighted by atomic mass is 15.2. The molecular formula is C15H30N2. The van der Waals surface area contributed by atoms with Crippen molar-refractivity contribution in [1.82, 2.24) is 10.2 Å². The van der Waals surface area contributed by atoms with Gasteiger partial charge in [-0.3, -0.25) is 4.90 Å². The zero-order valence-electron chi connectivity index (χ0n) is 11.9. The summed E-state index contributed by atoms with van der Waals surface area (Å²) in [7, 11) is 2.36. The Kier molecular flexibility index (Phi) is 4.87. The standard InChI is InChI=1S/C15H30N2/c1-4-11-16-14-7-5-6-8-15(14)17(3)12(2)13-9-10-13/h12-16H,4-11H2,1-3H3. The second-order valence-corrected chi connectivity index (χ2v) is 6.16. The molecule has 0 amide bonds. The molecule has 3 atom stereocenters. The van der Waals surface area contributed by atoms with E-state index in [0.29, 0.717) is 0 Å². The topological polar surface area (TPSA) is 15.3 Å². The molecule has 2 saturated carbocycles. The van der Waals surface area contributed by atoms with Crippen LogP contribution in [0.5, 0.6) is 0 Å². The maximum Gasteiger partial charge on any atom is 0.0249 e. The van der Waals surface area contributed by atoms with E-state index in [1.165, 1.54) is 51.5 Å². The molecular weight excluding hydrogens is 208 g/mol. The molecule has 2 aliphatic carbocycles. The van der Waals surface area contributed by atoms with Gasteiger partial charge in [0, 0.05) is 18.1 Å². The Labute approximate surface area is 107 Å². The van der Waals surface area contributed by atoms with Gasteiger partial charge < -0.3 is 5.32 Å². The van der Waals surface area contributed by atoms with Crippen LogP contribution in [0.4, 0.5) is 0 Å². The predicted molar refractivity (Wildman–Crippen MR) is 74.3 cm³/mol. The van der Waals surface area contributed by atoms with Gasteiger partial charge in [-0.1, -0.05) is 19.8 Å². The van der Waals surface area contributed by atoms with Crippen LogP contribution in [0.15, 0.2) is 0 Å². The van der Waals surface area contributed by atoms with Crippen molar-refractivity contribution in [3.63, 3.8) is 0 Å². The molecule has 0 aromatic carbocycles. The smallest absolute Gasteiger partial charge is 0.0249 e. The normalized spacial score (nSPS) is 31.8. The van der Waals surface area contributed by atoms with Crippen molar-refractivity contribution in [2.24, 2.45) is 5.92 Å². The van der Waals surface area contributed by atoms with Gasteiger partial charge in [-0.15, -0.1) is 0 Å². The average Bonchev–Trinajstić information content (AvgIpc) is 3.19. The Bertz CT molecular complexity index is 225. The molecule has 0 aliphatic heterocycles. The molecule has 0 heterocycles. The minimum Gasteiger partial charge on any atom is -0.312 e. The molecule has 0 aromatic rings. The summed E-state index contributed by atoms with van der Waals surface area (Å²) in [6.07, 6.45) is 9.81. The van der Waals surface area contributed by atoms with Crippen LogP contribution in [0.1, 0.15) is 58.8 Å². The number of hydrogen-bond donors (Lipinski definition) is 1.